The highest BCUT2D eigenvalue weighted by Gasteiger charge is 2.22. The Morgan fingerprint density at radius 2 is 1.50 bits per heavy atom. The molecule has 6 heteroatoms. The molecule has 28 heavy (non-hydrogen) atoms. The zero-order valence-electron chi connectivity index (χ0n) is 16.4. The van der Waals surface area contributed by atoms with Crippen LogP contribution in [0.15, 0.2) is 48.5 Å². The molecular formula is C22H28IN3O2. The molecule has 2 fully saturated rings. The van der Waals surface area contributed by atoms with Crippen LogP contribution in [0.2, 0.25) is 0 Å². The van der Waals surface area contributed by atoms with Gasteiger partial charge in [0.1, 0.15) is 18.8 Å². The molecule has 0 spiro atoms. The molecule has 2 aliphatic heterocycles. The Bertz CT molecular complexity index is 786. The topological polar surface area (TPSA) is 28.8 Å². The van der Waals surface area contributed by atoms with Crippen molar-refractivity contribution in [1.82, 2.24) is 4.90 Å². The van der Waals surface area contributed by atoms with Crippen molar-refractivity contribution in [3.63, 3.8) is 0 Å². The van der Waals surface area contributed by atoms with E-state index in [0.717, 1.165) is 52.6 Å². The summed E-state index contributed by atoms with van der Waals surface area (Å²) in [5.41, 5.74) is 3.70. The van der Waals surface area contributed by atoms with Gasteiger partial charge in [-0.15, -0.1) is 0 Å². The molecule has 0 amide bonds. The molecular weight excluding hydrogens is 465 g/mol. The molecule has 4 rings (SSSR count). The van der Waals surface area contributed by atoms with Crippen molar-refractivity contribution in [2.24, 2.45) is 7.05 Å². The Morgan fingerprint density at radius 1 is 0.857 bits per heavy atom. The van der Waals surface area contributed by atoms with Gasteiger partial charge in [0, 0.05) is 30.9 Å². The van der Waals surface area contributed by atoms with E-state index in [1.54, 1.807) is 0 Å². The van der Waals surface area contributed by atoms with Crippen molar-refractivity contribution in [1.29, 1.82) is 0 Å². The standard InChI is InChI=1S/C22H28N3O2.HI/c1-23-20(8-5-9-22(23)25-12-16-27-17-13-25)18-21(19-6-3-2-4-7-19)24-10-14-26-15-11-24;/h2-9,18H,10-17H2,1H3;1H/q+1;/p-1. The quantitative estimate of drug-likeness (QED) is 0.412. The first kappa shape index (κ1) is 21.1. The molecule has 2 aliphatic rings. The Morgan fingerprint density at radius 3 is 2.18 bits per heavy atom. The minimum Gasteiger partial charge on any atom is -1.00 e. The minimum atomic E-state index is 0. The van der Waals surface area contributed by atoms with Gasteiger partial charge in [-0.1, -0.05) is 30.3 Å². The second-order valence-corrected chi connectivity index (χ2v) is 6.96. The second kappa shape index (κ2) is 10.2. The smallest absolute Gasteiger partial charge is 0.276 e. The Hall–Kier alpha value is -1.64. The molecule has 2 aromatic rings. The largest absolute Gasteiger partial charge is 1.00 e. The van der Waals surface area contributed by atoms with Gasteiger partial charge in [0.2, 0.25) is 0 Å². The van der Waals surface area contributed by atoms with E-state index in [4.69, 9.17) is 9.47 Å². The highest BCUT2D eigenvalue weighted by atomic mass is 127. The molecule has 5 nitrogen and oxygen atoms in total. The summed E-state index contributed by atoms with van der Waals surface area (Å²) in [5.74, 6) is 1.24. The van der Waals surface area contributed by atoms with Crippen molar-refractivity contribution >= 4 is 17.6 Å². The SMILES string of the molecule is C[n+]1c(C=C(c2ccccc2)N2CCOCC2)cccc1N1CCOCC1.[I-]. The van der Waals surface area contributed by atoms with E-state index in [1.165, 1.54) is 22.8 Å². The molecule has 2 saturated heterocycles. The predicted octanol–water partition coefficient (Wildman–Crippen LogP) is -0.818. The number of rotatable bonds is 4. The van der Waals surface area contributed by atoms with Gasteiger partial charge in [0.25, 0.3) is 5.82 Å². The van der Waals surface area contributed by atoms with Crippen LogP contribution in [0.5, 0.6) is 0 Å². The van der Waals surface area contributed by atoms with Crippen molar-refractivity contribution in [3.05, 3.63) is 59.8 Å². The summed E-state index contributed by atoms with van der Waals surface area (Å²) in [5, 5.41) is 0. The fraction of sp³-hybridized carbons (Fsp3) is 0.409. The number of morpholine rings is 2. The summed E-state index contributed by atoms with van der Waals surface area (Å²) < 4.78 is 13.4. The number of hydrogen-bond acceptors (Lipinski definition) is 4. The van der Waals surface area contributed by atoms with Crippen molar-refractivity contribution in [2.75, 3.05) is 57.5 Å². The summed E-state index contributed by atoms with van der Waals surface area (Å²) in [7, 11) is 2.15. The Kier molecular flexibility index (Phi) is 7.70. The molecule has 3 heterocycles. The first-order chi connectivity index (χ1) is 13.3. The molecule has 0 aliphatic carbocycles. The highest BCUT2D eigenvalue weighted by Crippen LogP contribution is 2.23. The molecule has 0 bridgehead atoms. The average Bonchev–Trinajstić information content (AvgIpc) is 2.75. The van der Waals surface area contributed by atoms with Gasteiger partial charge >= 0.3 is 0 Å². The van der Waals surface area contributed by atoms with Crippen molar-refractivity contribution in [3.8, 4) is 0 Å². The molecule has 0 unspecified atom stereocenters. The summed E-state index contributed by atoms with van der Waals surface area (Å²) in [6.45, 7) is 6.88. The first-order valence-corrected chi connectivity index (χ1v) is 9.74. The minimum absolute atomic E-state index is 0. The number of ether oxygens (including phenoxy) is 2. The summed E-state index contributed by atoms with van der Waals surface area (Å²) >= 11 is 0. The zero-order chi connectivity index (χ0) is 18.5. The molecule has 0 saturated carbocycles. The third kappa shape index (κ3) is 4.85. The van der Waals surface area contributed by atoms with Crippen molar-refractivity contribution in [2.45, 2.75) is 0 Å². The van der Waals surface area contributed by atoms with E-state index in [9.17, 15) is 0 Å². The second-order valence-electron chi connectivity index (χ2n) is 6.96. The lowest BCUT2D eigenvalue weighted by molar-refractivity contribution is -0.660. The number of anilines is 1. The molecule has 0 atom stereocenters. The van der Waals surface area contributed by atoms with Gasteiger partial charge < -0.3 is 38.4 Å². The molecule has 1 aromatic heterocycles. The monoisotopic (exact) mass is 493 g/mol. The van der Waals surface area contributed by atoms with Crippen molar-refractivity contribution < 1.29 is 38.0 Å². The highest BCUT2D eigenvalue weighted by molar-refractivity contribution is 5.78. The fourth-order valence-electron chi connectivity index (χ4n) is 3.75. The third-order valence-electron chi connectivity index (χ3n) is 5.28. The lowest BCUT2D eigenvalue weighted by Crippen LogP contribution is -3.00. The Labute approximate surface area is 184 Å². The zero-order valence-corrected chi connectivity index (χ0v) is 18.5. The first-order valence-electron chi connectivity index (χ1n) is 9.74. The van der Waals surface area contributed by atoms with Gasteiger partial charge in [-0.25, -0.2) is 4.57 Å². The maximum Gasteiger partial charge on any atom is 0.276 e. The number of aromatic nitrogens is 1. The van der Waals surface area contributed by atoms with E-state index >= 15 is 0 Å². The van der Waals surface area contributed by atoms with Crippen LogP contribution < -0.4 is 33.4 Å². The number of benzene rings is 1. The third-order valence-corrected chi connectivity index (χ3v) is 5.28. The lowest BCUT2D eigenvalue weighted by atomic mass is 10.1. The van der Waals surface area contributed by atoms with Crippen LogP contribution in [0.4, 0.5) is 5.82 Å². The van der Waals surface area contributed by atoms with E-state index in [-0.39, 0.29) is 24.0 Å². The van der Waals surface area contributed by atoms with E-state index < -0.39 is 0 Å². The lowest BCUT2D eigenvalue weighted by Gasteiger charge is -2.31. The van der Waals surface area contributed by atoms with Gasteiger partial charge in [-0.2, -0.15) is 0 Å². The maximum atomic E-state index is 5.57. The predicted molar refractivity (Wildman–Crippen MR) is 107 cm³/mol. The van der Waals surface area contributed by atoms with Crippen LogP contribution in [-0.4, -0.2) is 57.5 Å². The van der Waals surface area contributed by atoms with Gasteiger partial charge in [-0.05, 0) is 17.7 Å². The molecule has 150 valence electrons. The maximum absolute atomic E-state index is 5.57. The average molecular weight is 493 g/mol. The van der Waals surface area contributed by atoms with Crippen LogP contribution in [-0.2, 0) is 16.5 Å². The van der Waals surface area contributed by atoms with Crippen LogP contribution >= 0.6 is 0 Å². The van der Waals surface area contributed by atoms with Gasteiger partial charge in [-0.3, -0.25) is 4.90 Å². The van der Waals surface area contributed by atoms with Gasteiger partial charge in [0.15, 0.2) is 0 Å². The Balaban J connectivity index is 0.00000225. The normalized spacial score (nSPS) is 18.0. The van der Waals surface area contributed by atoms with Crippen LogP contribution in [0.25, 0.3) is 11.8 Å². The summed E-state index contributed by atoms with van der Waals surface area (Å²) in [6, 6.07) is 17.2. The summed E-state index contributed by atoms with van der Waals surface area (Å²) in [6.07, 6.45) is 2.31. The fourth-order valence-corrected chi connectivity index (χ4v) is 3.75. The van der Waals surface area contributed by atoms with Crippen LogP contribution in [0, 0.1) is 0 Å². The number of pyridine rings is 1. The number of halogens is 1. The summed E-state index contributed by atoms with van der Waals surface area (Å²) in [4.78, 5) is 4.83. The van der Waals surface area contributed by atoms with Crippen LogP contribution in [0.3, 0.4) is 0 Å². The number of nitrogens with zero attached hydrogens (tertiary/aromatic N) is 3. The van der Waals surface area contributed by atoms with Crippen LogP contribution in [0.1, 0.15) is 11.3 Å². The van der Waals surface area contributed by atoms with Gasteiger partial charge in [0.05, 0.1) is 33.5 Å². The molecule has 1 aromatic carbocycles. The number of hydrogen-bond donors (Lipinski definition) is 0. The van der Waals surface area contributed by atoms with E-state index in [2.05, 4.69) is 76.0 Å². The molecule has 0 N–H and O–H groups in total. The van der Waals surface area contributed by atoms with E-state index in [0.29, 0.717) is 0 Å². The molecule has 0 radical (unpaired) electrons. The van der Waals surface area contributed by atoms with E-state index in [1.807, 2.05) is 0 Å².